The minimum atomic E-state index is -0.643. The molecule has 0 bridgehead atoms. The Hall–Kier alpha value is -0.990. The van der Waals surface area contributed by atoms with Crippen molar-refractivity contribution in [2.45, 2.75) is 30.7 Å². The normalized spacial score (nSPS) is 22.7. The summed E-state index contributed by atoms with van der Waals surface area (Å²) in [5.74, 6) is 2.49. The summed E-state index contributed by atoms with van der Waals surface area (Å²) in [5, 5.41) is 12.8. The molecule has 1 fully saturated rings. The topological polar surface area (TPSA) is 52.9 Å². The Kier molecular flexibility index (Phi) is 5.29. The molecule has 1 N–H and O–H groups in total. The van der Waals surface area contributed by atoms with Gasteiger partial charge in [0.15, 0.2) is 0 Å². The molecule has 19 heavy (non-hydrogen) atoms. The Morgan fingerprint density at radius 3 is 2.84 bits per heavy atom. The Bertz CT molecular complexity index is 501. The third-order valence-electron chi connectivity index (χ3n) is 3.19. The number of hydrogen-bond acceptors (Lipinski definition) is 4. The highest BCUT2D eigenvalue weighted by Crippen LogP contribution is 2.29. The molecule has 1 aromatic rings. The van der Waals surface area contributed by atoms with Crippen molar-refractivity contribution >= 4 is 28.2 Å². The zero-order valence-corrected chi connectivity index (χ0v) is 12.6. The van der Waals surface area contributed by atoms with Gasteiger partial charge in [0.05, 0.1) is 11.3 Å². The third-order valence-corrected chi connectivity index (χ3v) is 5.51. The number of nitrogens with one attached hydrogen (secondary N) is 1. The van der Waals surface area contributed by atoms with Gasteiger partial charge in [-0.25, -0.2) is 0 Å². The molecule has 0 aromatic heterocycles. The van der Waals surface area contributed by atoms with Gasteiger partial charge in [-0.05, 0) is 30.7 Å². The predicted octanol–water partition coefficient (Wildman–Crippen LogP) is 2.99. The number of nitriles is 1. The van der Waals surface area contributed by atoms with E-state index >= 15 is 0 Å². The maximum absolute atomic E-state index is 11.4. The largest absolute Gasteiger partial charge is 0.381 e. The van der Waals surface area contributed by atoms with Crippen LogP contribution >= 0.6 is 11.8 Å². The van der Waals surface area contributed by atoms with Crippen LogP contribution in [0.3, 0.4) is 0 Å². The van der Waals surface area contributed by atoms with Crippen LogP contribution in [0.2, 0.25) is 0 Å². The average molecular weight is 294 g/mol. The molecule has 0 radical (unpaired) electrons. The lowest BCUT2D eigenvalue weighted by Gasteiger charge is -2.24. The first-order valence-electron chi connectivity index (χ1n) is 6.52. The van der Waals surface area contributed by atoms with Crippen LogP contribution < -0.4 is 5.32 Å². The number of nitrogens with zero attached hydrogens (tertiary/aromatic N) is 1. The molecule has 1 aliphatic rings. The second-order valence-corrected chi connectivity index (χ2v) is 7.49. The van der Waals surface area contributed by atoms with Gasteiger partial charge in [-0.15, -0.1) is 11.8 Å². The summed E-state index contributed by atoms with van der Waals surface area (Å²) in [5.41, 5.74) is 1.65. The lowest BCUT2D eigenvalue weighted by molar-refractivity contribution is 0.624. The van der Waals surface area contributed by atoms with E-state index in [2.05, 4.69) is 18.3 Å². The maximum Gasteiger partial charge on any atom is 0.102 e. The van der Waals surface area contributed by atoms with Crippen molar-refractivity contribution in [3.8, 4) is 6.07 Å². The third kappa shape index (κ3) is 3.74. The first kappa shape index (κ1) is 14.4. The summed E-state index contributed by atoms with van der Waals surface area (Å²) in [6, 6.07) is 8.59. The highest BCUT2D eigenvalue weighted by atomic mass is 32.2. The fourth-order valence-electron chi connectivity index (χ4n) is 2.20. The molecule has 3 nitrogen and oxygen atoms in total. The molecule has 0 amide bonds. The molecule has 1 aliphatic heterocycles. The zero-order chi connectivity index (χ0) is 13.7. The lowest BCUT2D eigenvalue weighted by Crippen LogP contribution is -2.29. The molecular formula is C14H18N2OS2. The van der Waals surface area contributed by atoms with Crippen LogP contribution in [0.4, 0.5) is 5.69 Å². The van der Waals surface area contributed by atoms with E-state index in [9.17, 15) is 9.47 Å². The number of rotatable bonds is 4. The molecule has 1 heterocycles. The predicted molar refractivity (Wildman–Crippen MR) is 82.1 cm³/mol. The smallest absolute Gasteiger partial charge is 0.102 e. The first-order chi connectivity index (χ1) is 9.24. The average Bonchev–Trinajstić information content (AvgIpc) is 2.42. The van der Waals surface area contributed by atoms with E-state index in [4.69, 9.17) is 0 Å². The van der Waals surface area contributed by atoms with Crippen LogP contribution in [0.25, 0.3) is 0 Å². The molecular weight excluding hydrogens is 276 g/mol. The molecule has 5 heteroatoms. The first-order valence-corrected chi connectivity index (χ1v) is 8.99. The molecule has 0 atom stereocenters. The molecule has 0 aliphatic carbocycles. The molecule has 0 saturated carbocycles. The molecule has 102 valence electrons. The van der Waals surface area contributed by atoms with E-state index in [-0.39, 0.29) is 0 Å². The van der Waals surface area contributed by atoms with E-state index < -0.39 is 10.8 Å². The van der Waals surface area contributed by atoms with Crippen molar-refractivity contribution in [2.75, 3.05) is 22.6 Å². The number of thioether (sulfide) groups is 1. The summed E-state index contributed by atoms with van der Waals surface area (Å²) in [4.78, 5) is 1.04. The Labute approximate surface area is 121 Å². The van der Waals surface area contributed by atoms with Gasteiger partial charge in [0.1, 0.15) is 6.07 Å². The SMILES string of the molecule is CCSc1cccc(NC2CCS(=O)CC2)c1C#N. The maximum atomic E-state index is 11.4. The summed E-state index contributed by atoms with van der Waals surface area (Å²) in [7, 11) is -0.643. The van der Waals surface area contributed by atoms with Gasteiger partial charge in [-0.1, -0.05) is 13.0 Å². The van der Waals surface area contributed by atoms with Crippen LogP contribution in [-0.4, -0.2) is 27.5 Å². The number of anilines is 1. The standard InChI is InChI=1S/C14H18N2OS2/c1-2-18-14-5-3-4-13(12(14)10-15)16-11-6-8-19(17)9-7-11/h3-5,11,16H,2,6-9H2,1H3. The second kappa shape index (κ2) is 6.97. The summed E-state index contributed by atoms with van der Waals surface area (Å²) < 4.78 is 11.4. The van der Waals surface area contributed by atoms with Crippen LogP contribution in [0.15, 0.2) is 23.1 Å². The Balaban J connectivity index is 2.13. The van der Waals surface area contributed by atoms with E-state index in [1.165, 1.54) is 0 Å². The van der Waals surface area contributed by atoms with Crippen molar-refractivity contribution in [3.05, 3.63) is 23.8 Å². The van der Waals surface area contributed by atoms with Crippen LogP contribution in [0.1, 0.15) is 25.3 Å². The molecule has 0 spiro atoms. The minimum absolute atomic E-state index is 0.340. The summed E-state index contributed by atoms with van der Waals surface area (Å²) >= 11 is 1.69. The van der Waals surface area contributed by atoms with Gasteiger partial charge in [0.25, 0.3) is 0 Å². The second-order valence-electron chi connectivity index (χ2n) is 4.49. The van der Waals surface area contributed by atoms with Crippen molar-refractivity contribution in [1.29, 1.82) is 5.26 Å². The van der Waals surface area contributed by atoms with E-state index in [0.717, 1.165) is 46.2 Å². The fraction of sp³-hybridized carbons (Fsp3) is 0.500. The zero-order valence-electron chi connectivity index (χ0n) is 11.0. The Morgan fingerprint density at radius 2 is 2.21 bits per heavy atom. The number of hydrogen-bond donors (Lipinski definition) is 1. The van der Waals surface area contributed by atoms with Gasteiger partial charge in [0, 0.05) is 33.2 Å². The van der Waals surface area contributed by atoms with Crippen molar-refractivity contribution in [2.24, 2.45) is 0 Å². The monoisotopic (exact) mass is 294 g/mol. The molecule has 1 saturated heterocycles. The van der Waals surface area contributed by atoms with E-state index in [1.54, 1.807) is 11.8 Å². The van der Waals surface area contributed by atoms with Crippen LogP contribution in [-0.2, 0) is 10.8 Å². The quantitative estimate of drug-likeness (QED) is 0.867. The highest BCUT2D eigenvalue weighted by molar-refractivity contribution is 7.99. The van der Waals surface area contributed by atoms with Crippen molar-refractivity contribution in [1.82, 2.24) is 0 Å². The van der Waals surface area contributed by atoms with Crippen molar-refractivity contribution in [3.63, 3.8) is 0 Å². The van der Waals surface area contributed by atoms with Gasteiger partial charge >= 0.3 is 0 Å². The van der Waals surface area contributed by atoms with Crippen LogP contribution in [0, 0.1) is 11.3 Å². The lowest BCUT2D eigenvalue weighted by atomic mass is 10.1. The Morgan fingerprint density at radius 1 is 1.47 bits per heavy atom. The van der Waals surface area contributed by atoms with Crippen molar-refractivity contribution < 1.29 is 4.21 Å². The summed E-state index contributed by atoms with van der Waals surface area (Å²) in [6.45, 7) is 2.09. The van der Waals surface area contributed by atoms with Gasteiger partial charge in [-0.3, -0.25) is 4.21 Å². The van der Waals surface area contributed by atoms with Crippen LogP contribution in [0.5, 0.6) is 0 Å². The van der Waals surface area contributed by atoms with E-state index in [0.29, 0.717) is 6.04 Å². The molecule has 0 unspecified atom stereocenters. The summed E-state index contributed by atoms with van der Waals surface area (Å²) in [6.07, 6.45) is 1.84. The van der Waals surface area contributed by atoms with Gasteiger partial charge in [0.2, 0.25) is 0 Å². The van der Waals surface area contributed by atoms with Gasteiger partial charge in [-0.2, -0.15) is 5.26 Å². The fourth-order valence-corrected chi connectivity index (χ4v) is 4.29. The number of benzene rings is 1. The molecule has 2 rings (SSSR count). The molecule has 1 aromatic carbocycles. The van der Waals surface area contributed by atoms with E-state index in [1.807, 2.05) is 18.2 Å². The van der Waals surface area contributed by atoms with Gasteiger partial charge < -0.3 is 5.32 Å². The minimum Gasteiger partial charge on any atom is -0.381 e. The highest BCUT2D eigenvalue weighted by Gasteiger charge is 2.19.